The van der Waals surface area contributed by atoms with Gasteiger partial charge in [0.05, 0.1) is 5.02 Å². The molecule has 0 unspecified atom stereocenters. The Hall–Kier alpha value is -1.70. The number of hydrogen-bond donors (Lipinski definition) is 1. The minimum Gasteiger partial charge on any atom is -0.355 e. The molecule has 0 spiro atoms. The fraction of sp³-hybridized carbons (Fsp3) is 0.267. The summed E-state index contributed by atoms with van der Waals surface area (Å²) in [6.45, 7) is 1.15. The average Bonchev–Trinajstić information content (AvgIpc) is 2.95. The number of anilines is 1. The Morgan fingerprint density at radius 1 is 1.26 bits per heavy atom. The summed E-state index contributed by atoms with van der Waals surface area (Å²) in [5.74, 6) is -0.0669. The van der Waals surface area contributed by atoms with Crippen molar-refractivity contribution < 1.29 is 12.8 Å². The third-order valence-electron chi connectivity index (χ3n) is 3.67. The Labute approximate surface area is 139 Å². The first-order chi connectivity index (χ1) is 11.0. The molecule has 1 N–H and O–H groups in total. The molecule has 3 rings (SSSR count). The van der Waals surface area contributed by atoms with Gasteiger partial charge in [0.25, 0.3) is 0 Å². The number of nitrogens with zero attached hydrogens (tertiary/aromatic N) is 2. The van der Waals surface area contributed by atoms with E-state index in [0.29, 0.717) is 19.5 Å². The van der Waals surface area contributed by atoms with Gasteiger partial charge in [0.15, 0.2) is 0 Å². The summed E-state index contributed by atoms with van der Waals surface area (Å²) in [5.41, 5.74) is 0. The minimum atomic E-state index is -4.01. The van der Waals surface area contributed by atoms with Crippen LogP contribution in [0.15, 0.2) is 47.5 Å². The predicted molar refractivity (Wildman–Crippen MR) is 86.6 cm³/mol. The van der Waals surface area contributed by atoms with Crippen molar-refractivity contribution in [2.75, 3.05) is 18.0 Å². The lowest BCUT2D eigenvalue weighted by molar-refractivity contribution is 0.543. The Kier molecular flexibility index (Phi) is 4.52. The lowest BCUT2D eigenvalue weighted by atomic mass is 10.3. The van der Waals surface area contributed by atoms with Gasteiger partial charge in [0, 0.05) is 25.3 Å². The molecule has 1 fully saturated rings. The standard InChI is InChI=1S/C15H15ClFN3O2S/c16-12-4-3-5-13(17)15(12)23(21,22)19-11-7-9-20(10-11)14-6-1-2-8-18-14/h1-6,8,11,19H,7,9-10H2/t11-/m1/s1. The van der Waals surface area contributed by atoms with Crippen LogP contribution in [0.3, 0.4) is 0 Å². The summed E-state index contributed by atoms with van der Waals surface area (Å²) in [6.07, 6.45) is 2.30. The Bertz CT molecular complexity index is 781. The number of aromatic nitrogens is 1. The highest BCUT2D eigenvalue weighted by Gasteiger charge is 2.30. The van der Waals surface area contributed by atoms with Crippen molar-refractivity contribution in [1.82, 2.24) is 9.71 Å². The van der Waals surface area contributed by atoms with E-state index in [1.165, 1.54) is 12.1 Å². The number of pyridine rings is 1. The quantitative estimate of drug-likeness (QED) is 0.915. The number of hydrogen-bond acceptors (Lipinski definition) is 4. The van der Waals surface area contributed by atoms with Crippen LogP contribution in [0, 0.1) is 5.82 Å². The smallest absolute Gasteiger partial charge is 0.245 e. The highest BCUT2D eigenvalue weighted by Crippen LogP contribution is 2.25. The van der Waals surface area contributed by atoms with Gasteiger partial charge in [-0.2, -0.15) is 0 Å². The van der Waals surface area contributed by atoms with Crippen molar-refractivity contribution in [1.29, 1.82) is 0 Å². The number of rotatable bonds is 4. The zero-order chi connectivity index (χ0) is 16.4. The summed E-state index contributed by atoms with van der Waals surface area (Å²) in [5, 5.41) is -0.128. The van der Waals surface area contributed by atoms with E-state index in [2.05, 4.69) is 9.71 Å². The maximum Gasteiger partial charge on any atom is 0.245 e. The van der Waals surface area contributed by atoms with E-state index in [1.807, 2.05) is 23.1 Å². The summed E-state index contributed by atoms with van der Waals surface area (Å²) in [7, 11) is -4.01. The number of benzene rings is 1. The normalized spacial score (nSPS) is 18.3. The highest BCUT2D eigenvalue weighted by molar-refractivity contribution is 7.89. The van der Waals surface area contributed by atoms with Crippen LogP contribution in [-0.4, -0.2) is 32.5 Å². The molecule has 1 atom stereocenters. The molecule has 8 heteroatoms. The molecule has 0 bridgehead atoms. The van der Waals surface area contributed by atoms with Gasteiger partial charge in [0.1, 0.15) is 16.5 Å². The molecule has 0 radical (unpaired) electrons. The zero-order valence-electron chi connectivity index (χ0n) is 12.1. The van der Waals surface area contributed by atoms with E-state index in [-0.39, 0.29) is 11.1 Å². The van der Waals surface area contributed by atoms with Gasteiger partial charge >= 0.3 is 0 Å². The van der Waals surface area contributed by atoms with Crippen LogP contribution in [0.2, 0.25) is 5.02 Å². The largest absolute Gasteiger partial charge is 0.355 e. The minimum absolute atomic E-state index is 0.128. The summed E-state index contributed by atoms with van der Waals surface area (Å²) in [6, 6.07) is 9.04. The third-order valence-corrected chi connectivity index (χ3v) is 5.69. The van der Waals surface area contributed by atoms with Gasteiger partial charge < -0.3 is 4.90 Å². The van der Waals surface area contributed by atoms with Crippen LogP contribution < -0.4 is 9.62 Å². The molecule has 23 heavy (non-hydrogen) atoms. The molecule has 1 aromatic carbocycles. The first-order valence-electron chi connectivity index (χ1n) is 7.10. The van der Waals surface area contributed by atoms with E-state index in [1.54, 1.807) is 6.20 Å². The molecule has 0 amide bonds. The van der Waals surface area contributed by atoms with Crippen LogP contribution in [0.4, 0.5) is 10.2 Å². The van der Waals surface area contributed by atoms with Gasteiger partial charge in [0.2, 0.25) is 10.0 Å². The molecular formula is C15H15ClFN3O2S. The molecular weight excluding hydrogens is 341 g/mol. The van der Waals surface area contributed by atoms with Crippen molar-refractivity contribution in [3.63, 3.8) is 0 Å². The van der Waals surface area contributed by atoms with Gasteiger partial charge in [-0.05, 0) is 30.7 Å². The molecule has 1 aromatic heterocycles. The lowest BCUT2D eigenvalue weighted by Crippen LogP contribution is -2.37. The van der Waals surface area contributed by atoms with E-state index in [9.17, 15) is 12.8 Å². The lowest BCUT2D eigenvalue weighted by Gasteiger charge is -2.18. The summed E-state index contributed by atoms with van der Waals surface area (Å²) >= 11 is 5.84. The van der Waals surface area contributed by atoms with Crippen LogP contribution in [0.25, 0.3) is 0 Å². The Morgan fingerprint density at radius 2 is 2.09 bits per heavy atom. The van der Waals surface area contributed by atoms with E-state index >= 15 is 0 Å². The first-order valence-corrected chi connectivity index (χ1v) is 8.96. The molecule has 122 valence electrons. The van der Waals surface area contributed by atoms with Gasteiger partial charge in [-0.1, -0.05) is 23.7 Å². The average molecular weight is 356 g/mol. The van der Waals surface area contributed by atoms with Crippen molar-refractivity contribution in [3.05, 3.63) is 53.4 Å². The second-order valence-corrected chi connectivity index (χ2v) is 7.35. The first kappa shape index (κ1) is 16.2. The number of sulfonamides is 1. The number of halogens is 2. The van der Waals surface area contributed by atoms with Gasteiger partial charge in [-0.15, -0.1) is 0 Å². The summed E-state index contributed by atoms with van der Waals surface area (Å²) < 4.78 is 41.2. The zero-order valence-corrected chi connectivity index (χ0v) is 13.7. The molecule has 2 heterocycles. The number of nitrogens with one attached hydrogen (secondary N) is 1. The van der Waals surface area contributed by atoms with Crippen LogP contribution >= 0.6 is 11.6 Å². The Balaban J connectivity index is 1.75. The molecule has 5 nitrogen and oxygen atoms in total. The second kappa shape index (κ2) is 6.43. The van der Waals surface area contributed by atoms with Crippen molar-refractivity contribution in [2.45, 2.75) is 17.4 Å². The fourth-order valence-corrected chi connectivity index (χ4v) is 4.49. The monoisotopic (exact) mass is 355 g/mol. The van der Waals surface area contributed by atoms with Gasteiger partial charge in [-0.3, -0.25) is 0 Å². The van der Waals surface area contributed by atoms with E-state index in [0.717, 1.165) is 11.9 Å². The predicted octanol–water partition coefficient (Wildman–Crippen LogP) is 2.43. The summed E-state index contributed by atoms with van der Waals surface area (Å²) in [4.78, 5) is 5.73. The maximum atomic E-state index is 13.8. The molecule has 0 saturated carbocycles. The highest BCUT2D eigenvalue weighted by atomic mass is 35.5. The van der Waals surface area contributed by atoms with Crippen LogP contribution in [-0.2, 0) is 10.0 Å². The maximum absolute atomic E-state index is 13.8. The molecule has 1 aliphatic heterocycles. The Morgan fingerprint density at radius 3 is 2.78 bits per heavy atom. The molecule has 1 aliphatic rings. The van der Waals surface area contributed by atoms with Crippen molar-refractivity contribution in [3.8, 4) is 0 Å². The van der Waals surface area contributed by atoms with Gasteiger partial charge in [-0.25, -0.2) is 22.5 Å². The SMILES string of the molecule is O=S(=O)(N[C@@H]1CCN(c2ccccn2)C1)c1c(F)cccc1Cl. The third kappa shape index (κ3) is 3.46. The fourth-order valence-electron chi connectivity index (χ4n) is 2.62. The van der Waals surface area contributed by atoms with E-state index < -0.39 is 20.7 Å². The van der Waals surface area contributed by atoms with Crippen LogP contribution in [0.5, 0.6) is 0 Å². The van der Waals surface area contributed by atoms with Crippen LogP contribution in [0.1, 0.15) is 6.42 Å². The molecule has 2 aromatic rings. The topological polar surface area (TPSA) is 62.3 Å². The van der Waals surface area contributed by atoms with E-state index in [4.69, 9.17) is 11.6 Å². The second-order valence-electron chi connectivity index (χ2n) is 5.29. The molecule has 0 aliphatic carbocycles. The molecule has 1 saturated heterocycles. The van der Waals surface area contributed by atoms with Crippen molar-refractivity contribution in [2.24, 2.45) is 0 Å². The van der Waals surface area contributed by atoms with Crippen molar-refractivity contribution >= 4 is 27.4 Å².